The third kappa shape index (κ3) is 13.6. The van der Waals surface area contributed by atoms with E-state index in [1.807, 2.05) is 0 Å². The second-order valence-corrected chi connectivity index (χ2v) is 6.30. The molecule has 0 heteroatoms. The van der Waals surface area contributed by atoms with Gasteiger partial charge in [0.15, 0.2) is 0 Å². The maximum atomic E-state index is 3.95. The maximum absolute atomic E-state index is 3.95. The Morgan fingerprint density at radius 1 is 0.750 bits per heavy atom. The van der Waals surface area contributed by atoms with E-state index in [2.05, 4.69) is 46.4 Å². The molecule has 0 N–H and O–H groups in total. The Labute approximate surface area is 128 Å². The van der Waals surface area contributed by atoms with Crippen LogP contribution in [0.25, 0.3) is 0 Å². The van der Waals surface area contributed by atoms with E-state index in [9.17, 15) is 0 Å². The summed E-state index contributed by atoms with van der Waals surface area (Å²) in [6.45, 7) is 12.9. The molecule has 0 fully saturated rings. The average molecular weight is 277 g/mol. The van der Waals surface area contributed by atoms with Crippen LogP contribution in [0.2, 0.25) is 0 Å². The minimum Gasteiger partial charge on any atom is -0.100 e. The Balaban J connectivity index is 3.68. The van der Waals surface area contributed by atoms with Crippen LogP contribution in [0, 0.1) is 0 Å². The molecule has 0 aromatic heterocycles. The number of rotatable bonds is 12. The summed E-state index contributed by atoms with van der Waals surface area (Å²) in [5, 5.41) is 0. The normalized spacial score (nSPS) is 12.8. The van der Waals surface area contributed by atoms with Gasteiger partial charge in [0.05, 0.1) is 0 Å². The van der Waals surface area contributed by atoms with Crippen LogP contribution in [-0.2, 0) is 0 Å². The lowest BCUT2D eigenvalue weighted by Gasteiger charge is -2.03. The lowest BCUT2D eigenvalue weighted by Crippen LogP contribution is -1.82. The minimum absolute atomic E-state index is 1.17. The molecule has 0 aliphatic carbocycles. The van der Waals surface area contributed by atoms with Crippen molar-refractivity contribution in [3.8, 4) is 0 Å². The van der Waals surface area contributed by atoms with Gasteiger partial charge in [-0.15, -0.1) is 6.58 Å². The first-order valence-corrected chi connectivity index (χ1v) is 8.52. The van der Waals surface area contributed by atoms with E-state index in [-0.39, 0.29) is 0 Å². The van der Waals surface area contributed by atoms with E-state index < -0.39 is 0 Å². The topological polar surface area (TPSA) is 0 Å². The Morgan fingerprint density at radius 3 is 2.05 bits per heavy atom. The van der Waals surface area contributed by atoms with Crippen molar-refractivity contribution >= 4 is 0 Å². The van der Waals surface area contributed by atoms with Gasteiger partial charge in [0.2, 0.25) is 0 Å². The first-order valence-electron chi connectivity index (χ1n) is 8.52. The van der Waals surface area contributed by atoms with Crippen molar-refractivity contribution in [2.24, 2.45) is 0 Å². The van der Waals surface area contributed by atoms with E-state index in [4.69, 9.17) is 0 Å². The highest BCUT2D eigenvalue weighted by Crippen LogP contribution is 2.14. The molecule has 0 saturated heterocycles. The number of allylic oxidation sites excluding steroid dienone is 5. The van der Waals surface area contributed by atoms with E-state index in [0.29, 0.717) is 0 Å². The van der Waals surface area contributed by atoms with E-state index in [0.717, 1.165) is 0 Å². The van der Waals surface area contributed by atoms with Crippen molar-refractivity contribution in [3.63, 3.8) is 0 Å². The van der Waals surface area contributed by atoms with Gasteiger partial charge in [-0.25, -0.2) is 0 Å². The van der Waals surface area contributed by atoms with Crippen LogP contribution in [0.4, 0.5) is 0 Å². The molecule has 0 aliphatic rings. The molecule has 0 heterocycles. The SMILES string of the molecule is C=C(C)CCCC=C(C)CCC=C(C)CCCCCC. The van der Waals surface area contributed by atoms with Crippen LogP contribution in [0.3, 0.4) is 0 Å². The molecule has 116 valence electrons. The highest BCUT2D eigenvalue weighted by molar-refractivity contribution is 5.03. The molecule has 0 bridgehead atoms. The molecule has 0 aromatic rings. The molecule has 20 heavy (non-hydrogen) atoms. The summed E-state index contributed by atoms with van der Waals surface area (Å²) in [6, 6.07) is 0. The van der Waals surface area contributed by atoms with Crippen LogP contribution < -0.4 is 0 Å². The van der Waals surface area contributed by atoms with Crippen molar-refractivity contribution in [3.05, 3.63) is 35.5 Å². The summed E-state index contributed by atoms with van der Waals surface area (Å²) in [6.07, 6.45) is 17.7. The summed E-state index contributed by atoms with van der Waals surface area (Å²) < 4.78 is 0. The Kier molecular flexibility index (Phi) is 12.7. The quantitative estimate of drug-likeness (QED) is 0.258. The minimum atomic E-state index is 1.17. The predicted octanol–water partition coefficient (Wildman–Crippen LogP) is 7.38. The highest BCUT2D eigenvalue weighted by atomic mass is 14.0. The summed E-state index contributed by atoms with van der Waals surface area (Å²) in [4.78, 5) is 0. The molecular formula is C20H36. The summed E-state index contributed by atoms with van der Waals surface area (Å²) in [5.74, 6) is 0. The molecule has 0 aromatic carbocycles. The molecule has 0 spiro atoms. The molecule has 0 atom stereocenters. The molecule has 0 rings (SSSR count). The number of hydrogen-bond acceptors (Lipinski definition) is 0. The first-order chi connectivity index (χ1) is 9.56. The summed E-state index contributed by atoms with van der Waals surface area (Å²) in [5.41, 5.74) is 4.43. The van der Waals surface area contributed by atoms with Gasteiger partial charge in [0, 0.05) is 0 Å². The van der Waals surface area contributed by atoms with Gasteiger partial charge in [-0.1, -0.05) is 55.1 Å². The van der Waals surface area contributed by atoms with Crippen LogP contribution in [0.1, 0.15) is 91.9 Å². The summed E-state index contributed by atoms with van der Waals surface area (Å²) in [7, 11) is 0. The van der Waals surface area contributed by atoms with Gasteiger partial charge in [-0.2, -0.15) is 0 Å². The number of hydrogen-bond donors (Lipinski definition) is 0. The van der Waals surface area contributed by atoms with Crippen LogP contribution in [-0.4, -0.2) is 0 Å². The van der Waals surface area contributed by atoms with Crippen molar-refractivity contribution in [1.82, 2.24) is 0 Å². The molecule has 0 saturated carbocycles. The molecule has 0 amide bonds. The van der Waals surface area contributed by atoms with E-state index in [1.54, 1.807) is 11.1 Å². The van der Waals surface area contributed by atoms with E-state index >= 15 is 0 Å². The third-order valence-electron chi connectivity index (χ3n) is 3.76. The molecular weight excluding hydrogens is 240 g/mol. The summed E-state index contributed by atoms with van der Waals surface area (Å²) >= 11 is 0. The zero-order chi connectivity index (χ0) is 15.2. The Morgan fingerprint density at radius 2 is 1.40 bits per heavy atom. The second-order valence-electron chi connectivity index (χ2n) is 6.30. The van der Waals surface area contributed by atoms with Crippen LogP contribution >= 0.6 is 0 Å². The monoisotopic (exact) mass is 276 g/mol. The highest BCUT2D eigenvalue weighted by Gasteiger charge is 1.93. The standard InChI is InChI=1S/C20H36/c1-6-7-8-9-14-19(4)16-12-17-20(5)15-11-10-13-18(2)3/h15-16H,2,6-14,17H2,1,3-5H3. The van der Waals surface area contributed by atoms with Gasteiger partial charge in [-0.3, -0.25) is 0 Å². The zero-order valence-electron chi connectivity index (χ0n) is 14.4. The second kappa shape index (κ2) is 13.2. The van der Waals surface area contributed by atoms with Gasteiger partial charge < -0.3 is 0 Å². The fourth-order valence-electron chi connectivity index (χ4n) is 2.33. The predicted molar refractivity (Wildman–Crippen MR) is 94.2 cm³/mol. The molecule has 0 nitrogen and oxygen atoms in total. The fourth-order valence-corrected chi connectivity index (χ4v) is 2.33. The lowest BCUT2D eigenvalue weighted by molar-refractivity contribution is 0.663. The zero-order valence-corrected chi connectivity index (χ0v) is 14.4. The average Bonchev–Trinajstić information content (AvgIpc) is 2.39. The van der Waals surface area contributed by atoms with Crippen molar-refractivity contribution in [2.45, 2.75) is 91.9 Å². The van der Waals surface area contributed by atoms with Gasteiger partial charge >= 0.3 is 0 Å². The Hall–Kier alpha value is -0.780. The number of unbranched alkanes of at least 4 members (excludes halogenated alkanes) is 4. The maximum Gasteiger partial charge on any atom is -0.0288 e. The third-order valence-corrected chi connectivity index (χ3v) is 3.76. The van der Waals surface area contributed by atoms with E-state index in [1.165, 1.54) is 69.8 Å². The van der Waals surface area contributed by atoms with Gasteiger partial charge in [-0.05, 0) is 65.7 Å². The van der Waals surface area contributed by atoms with Crippen molar-refractivity contribution in [2.75, 3.05) is 0 Å². The molecule has 0 radical (unpaired) electrons. The first kappa shape index (κ1) is 19.2. The molecule has 0 unspecified atom stereocenters. The van der Waals surface area contributed by atoms with Crippen LogP contribution in [0.15, 0.2) is 35.5 Å². The fraction of sp³-hybridized carbons (Fsp3) is 0.700. The Bertz CT molecular complexity index is 304. The van der Waals surface area contributed by atoms with Crippen molar-refractivity contribution in [1.29, 1.82) is 0 Å². The lowest BCUT2D eigenvalue weighted by atomic mass is 10.0. The van der Waals surface area contributed by atoms with Gasteiger partial charge in [0.1, 0.15) is 0 Å². The van der Waals surface area contributed by atoms with Gasteiger partial charge in [0.25, 0.3) is 0 Å². The van der Waals surface area contributed by atoms with Crippen LogP contribution in [0.5, 0.6) is 0 Å². The molecule has 0 aliphatic heterocycles. The largest absolute Gasteiger partial charge is 0.100 e. The smallest absolute Gasteiger partial charge is 0.0288 e. The van der Waals surface area contributed by atoms with Crippen molar-refractivity contribution < 1.29 is 0 Å².